The molecule has 0 aliphatic heterocycles. The number of rotatable bonds is 4. The molecule has 4 heteroatoms. The minimum atomic E-state index is 0.402. The topological polar surface area (TPSA) is 56.9 Å². The molecule has 0 bridgehead atoms. The average Bonchev–Trinajstić information content (AvgIpc) is 3.54. The van der Waals surface area contributed by atoms with Crippen LogP contribution < -0.4 is 0 Å². The van der Waals surface area contributed by atoms with Crippen LogP contribution in [0.5, 0.6) is 0 Å². The van der Waals surface area contributed by atoms with Crippen LogP contribution in [0.1, 0.15) is 11.1 Å². The predicted octanol–water partition coefficient (Wildman–Crippen LogP) is 12.4. The number of hydrogen-bond acceptors (Lipinski definition) is 2. The van der Waals surface area contributed by atoms with E-state index in [1.807, 2.05) is 91.0 Å². The van der Waals surface area contributed by atoms with Crippen LogP contribution in [0, 0.1) is 29.2 Å². The predicted molar refractivity (Wildman–Crippen MR) is 208 cm³/mol. The zero-order chi connectivity index (χ0) is 34.5. The smallest absolute Gasteiger partial charge is 0.197 e. The largest absolute Gasteiger partial charge is 0.311 e. The standard InChI is InChI=1S/C47H26N4/c1-50-43-27-33(51-44-21-11-9-15-35(44)36-16-10-12-22-45(36)51)23-24-34(43)41-25-32(29-49)42(26-31(41)28-48)47-39-19-7-5-17-37(39)46(30-13-3-2-4-14-30)38-18-6-8-20-40(38)47/h2-27H. The summed E-state index contributed by atoms with van der Waals surface area (Å²) >= 11 is 0. The fourth-order valence-corrected chi connectivity index (χ4v) is 7.73. The summed E-state index contributed by atoms with van der Waals surface area (Å²) in [6.45, 7) is 8.22. The molecule has 0 fully saturated rings. The van der Waals surface area contributed by atoms with Gasteiger partial charge in [0.05, 0.1) is 40.9 Å². The minimum Gasteiger partial charge on any atom is -0.311 e. The Morgan fingerprint density at radius 3 is 1.47 bits per heavy atom. The minimum absolute atomic E-state index is 0.402. The van der Waals surface area contributed by atoms with E-state index in [0.29, 0.717) is 33.5 Å². The molecule has 51 heavy (non-hydrogen) atoms. The van der Waals surface area contributed by atoms with Crippen LogP contribution in [-0.4, -0.2) is 4.57 Å². The van der Waals surface area contributed by atoms with Crippen LogP contribution in [0.4, 0.5) is 5.69 Å². The van der Waals surface area contributed by atoms with E-state index in [9.17, 15) is 10.5 Å². The van der Waals surface area contributed by atoms with Crippen LogP contribution in [0.2, 0.25) is 0 Å². The molecule has 4 nitrogen and oxygen atoms in total. The molecule has 0 unspecified atom stereocenters. The van der Waals surface area contributed by atoms with Crippen molar-refractivity contribution in [3.8, 4) is 51.2 Å². The average molecular weight is 647 g/mol. The second-order valence-corrected chi connectivity index (χ2v) is 12.6. The van der Waals surface area contributed by atoms with Gasteiger partial charge in [-0.05, 0) is 85.8 Å². The molecule has 0 spiro atoms. The maximum absolute atomic E-state index is 10.7. The Kier molecular flexibility index (Phi) is 6.93. The fraction of sp³-hybridized carbons (Fsp3) is 0. The van der Waals surface area contributed by atoms with Crippen molar-refractivity contribution < 1.29 is 0 Å². The van der Waals surface area contributed by atoms with Crippen molar-refractivity contribution >= 4 is 49.0 Å². The van der Waals surface area contributed by atoms with Crippen molar-refractivity contribution in [1.29, 1.82) is 10.5 Å². The van der Waals surface area contributed by atoms with Crippen molar-refractivity contribution in [3.05, 3.63) is 180 Å². The Bertz CT molecular complexity index is 2890. The molecule has 0 saturated carbocycles. The lowest BCUT2D eigenvalue weighted by molar-refractivity contribution is 1.18. The summed E-state index contributed by atoms with van der Waals surface area (Å²) in [5.41, 5.74) is 9.22. The monoisotopic (exact) mass is 646 g/mol. The molecular weight excluding hydrogens is 621 g/mol. The molecule has 234 valence electrons. The van der Waals surface area contributed by atoms with E-state index in [1.165, 1.54) is 0 Å². The maximum Gasteiger partial charge on any atom is 0.197 e. The first-order valence-electron chi connectivity index (χ1n) is 16.7. The SMILES string of the molecule is [C-]#[N+]c1cc(-n2c3ccccc3c3ccccc32)ccc1-c1cc(C#N)c(-c2c3ccccc3c(-c3ccccc3)c3ccccc23)cc1C#N. The van der Waals surface area contributed by atoms with E-state index in [4.69, 9.17) is 6.57 Å². The van der Waals surface area contributed by atoms with Gasteiger partial charge < -0.3 is 4.57 Å². The van der Waals surface area contributed by atoms with E-state index < -0.39 is 0 Å². The second-order valence-electron chi connectivity index (χ2n) is 12.6. The number of aromatic nitrogens is 1. The summed E-state index contributed by atoms with van der Waals surface area (Å²) in [5.74, 6) is 0. The third kappa shape index (κ3) is 4.58. The Labute approximate surface area is 294 Å². The Balaban J connectivity index is 1.27. The molecule has 0 aliphatic rings. The number of fused-ring (bicyclic) bond motifs is 5. The Morgan fingerprint density at radius 2 is 0.922 bits per heavy atom. The van der Waals surface area contributed by atoms with Crippen molar-refractivity contribution in [3.63, 3.8) is 0 Å². The highest BCUT2D eigenvalue weighted by Gasteiger charge is 2.22. The highest BCUT2D eigenvalue weighted by atomic mass is 15.0. The second kappa shape index (κ2) is 11.9. The third-order valence-electron chi connectivity index (χ3n) is 9.89. The van der Waals surface area contributed by atoms with Crippen molar-refractivity contribution in [1.82, 2.24) is 4.57 Å². The van der Waals surface area contributed by atoms with Gasteiger partial charge in [0, 0.05) is 22.0 Å². The summed E-state index contributed by atoms with van der Waals surface area (Å²) < 4.78 is 2.17. The van der Waals surface area contributed by atoms with E-state index >= 15 is 0 Å². The van der Waals surface area contributed by atoms with Crippen LogP contribution in [0.25, 0.3) is 87.3 Å². The van der Waals surface area contributed by atoms with E-state index in [-0.39, 0.29) is 0 Å². The molecule has 1 aromatic heterocycles. The van der Waals surface area contributed by atoms with Crippen LogP contribution in [0.3, 0.4) is 0 Å². The van der Waals surface area contributed by atoms with Crippen LogP contribution in [0.15, 0.2) is 158 Å². The molecule has 0 N–H and O–H groups in total. The first kappa shape index (κ1) is 29.7. The Hall–Kier alpha value is -7.45. The zero-order valence-corrected chi connectivity index (χ0v) is 27.3. The third-order valence-corrected chi connectivity index (χ3v) is 9.89. The van der Waals surface area contributed by atoms with E-state index in [1.54, 1.807) is 6.07 Å². The lowest BCUT2D eigenvalue weighted by atomic mass is 9.83. The molecule has 0 amide bonds. The zero-order valence-electron chi connectivity index (χ0n) is 27.3. The van der Waals surface area contributed by atoms with Crippen molar-refractivity contribution in [2.24, 2.45) is 0 Å². The van der Waals surface area contributed by atoms with E-state index in [2.05, 4.69) is 82.2 Å². The number of benzene rings is 8. The summed E-state index contributed by atoms with van der Waals surface area (Å²) in [5, 5.41) is 27.7. The van der Waals surface area contributed by atoms with Gasteiger partial charge in [0.15, 0.2) is 5.69 Å². The lowest BCUT2D eigenvalue weighted by Crippen LogP contribution is -1.97. The van der Waals surface area contributed by atoms with Gasteiger partial charge in [0.2, 0.25) is 0 Å². The van der Waals surface area contributed by atoms with Gasteiger partial charge in [-0.1, -0.05) is 121 Å². The molecular formula is C47H26N4. The molecule has 0 saturated heterocycles. The molecule has 9 aromatic rings. The van der Waals surface area contributed by atoms with Gasteiger partial charge in [0.25, 0.3) is 0 Å². The first-order valence-corrected chi connectivity index (χ1v) is 16.7. The van der Waals surface area contributed by atoms with Crippen molar-refractivity contribution in [2.45, 2.75) is 0 Å². The number of hydrogen-bond donors (Lipinski definition) is 0. The Morgan fingerprint density at radius 1 is 0.451 bits per heavy atom. The number of para-hydroxylation sites is 2. The lowest BCUT2D eigenvalue weighted by Gasteiger charge is -2.19. The van der Waals surface area contributed by atoms with Gasteiger partial charge in [0.1, 0.15) is 0 Å². The summed E-state index contributed by atoms with van der Waals surface area (Å²) in [6, 6.07) is 57.7. The van der Waals surface area contributed by atoms with Crippen LogP contribution in [-0.2, 0) is 0 Å². The summed E-state index contributed by atoms with van der Waals surface area (Å²) in [7, 11) is 0. The molecule has 8 aromatic carbocycles. The van der Waals surface area contributed by atoms with Gasteiger partial charge in [-0.25, -0.2) is 4.85 Å². The van der Waals surface area contributed by atoms with Crippen LogP contribution >= 0.6 is 0 Å². The van der Waals surface area contributed by atoms with Gasteiger partial charge in [-0.3, -0.25) is 0 Å². The van der Waals surface area contributed by atoms with Gasteiger partial charge in [-0.2, -0.15) is 10.5 Å². The number of nitrogens with zero attached hydrogens (tertiary/aromatic N) is 4. The van der Waals surface area contributed by atoms with Gasteiger partial charge >= 0.3 is 0 Å². The summed E-state index contributed by atoms with van der Waals surface area (Å²) in [4.78, 5) is 3.95. The summed E-state index contributed by atoms with van der Waals surface area (Å²) in [6.07, 6.45) is 0. The number of nitriles is 2. The molecule has 1 heterocycles. The fourth-order valence-electron chi connectivity index (χ4n) is 7.73. The maximum atomic E-state index is 10.7. The quantitative estimate of drug-likeness (QED) is 0.141. The van der Waals surface area contributed by atoms with Gasteiger partial charge in [-0.15, -0.1) is 0 Å². The normalized spacial score (nSPS) is 11.1. The molecule has 0 aliphatic carbocycles. The molecule has 0 atom stereocenters. The molecule has 9 rings (SSSR count). The van der Waals surface area contributed by atoms with Crippen molar-refractivity contribution in [2.75, 3.05) is 0 Å². The highest BCUT2D eigenvalue weighted by Crippen LogP contribution is 2.46. The first-order chi connectivity index (χ1) is 25.2. The van der Waals surface area contributed by atoms with E-state index in [0.717, 1.165) is 65.7 Å². The highest BCUT2D eigenvalue weighted by molar-refractivity contribution is 6.22. The molecule has 0 radical (unpaired) electrons.